The summed E-state index contributed by atoms with van der Waals surface area (Å²) >= 11 is 1.57. The van der Waals surface area contributed by atoms with Crippen LogP contribution in [0.5, 0.6) is 11.5 Å². The van der Waals surface area contributed by atoms with Gasteiger partial charge in [0.05, 0.1) is 12.0 Å². The molecule has 0 saturated carbocycles. The number of benzene rings is 1. The van der Waals surface area contributed by atoms with Crippen molar-refractivity contribution in [2.45, 2.75) is 6.61 Å². The number of rotatable bonds is 5. The maximum Gasteiger partial charge on any atom is 0.264 e. The minimum absolute atomic E-state index is 0.241. The molecule has 3 aromatic rings. The summed E-state index contributed by atoms with van der Waals surface area (Å²) in [6.45, 7) is 0.241. The van der Waals surface area contributed by atoms with Crippen LogP contribution < -0.4 is 9.47 Å². The lowest BCUT2D eigenvalue weighted by Crippen LogP contribution is -1.95. The van der Waals surface area contributed by atoms with Gasteiger partial charge >= 0.3 is 0 Å². The maximum absolute atomic E-state index is 5.57. The molecule has 0 aliphatic carbocycles. The third-order valence-electron chi connectivity index (χ3n) is 2.63. The molecule has 0 N–H and O–H groups in total. The van der Waals surface area contributed by atoms with Gasteiger partial charge in [-0.25, -0.2) is 0 Å². The average Bonchev–Trinajstić information content (AvgIpc) is 3.16. The van der Waals surface area contributed by atoms with Crippen LogP contribution in [-0.2, 0) is 6.61 Å². The van der Waals surface area contributed by atoms with E-state index < -0.39 is 0 Å². The van der Waals surface area contributed by atoms with E-state index in [1.807, 2.05) is 41.8 Å². The minimum atomic E-state index is 0.241. The van der Waals surface area contributed by atoms with Crippen LogP contribution in [0.25, 0.3) is 10.7 Å². The Kier molecular flexibility index (Phi) is 3.64. The highest BCUT2D eigenvalue weighted by Crippen LogP contribution is 2.22. The van der Waals surface area contributed by atoms with E-state index in [4.69, 9.17) is 14.0 Å². The Bertz CT molecular complexity index is 662. The molecule has 2 aromatic heterocycles. The number of hydrogen-bond acceptors (Lipinski definition) is 6. The highest BCUT2D eigenvalue weighted by Gasteiger charge is 2.09. The van der Waals surface area contributed by atoms with Gasteiger partial charge < -0.3 is 14.0 Å². The van der Waals surface area contributed by atoms with Crippen molar-refractivity contribution < 1.29 is 14.0 Å². The smallest absolute Gasteiger partial charge is 0.264 e. The summed E-state index contributed by atoms with van der Waals surface area (Å²) in [6.07, 6.45) is 0. The second kappa shape index (κ2) is 5.75. The van der Waals surface area contributed by atoms with Gasteiger partial charge in [-0.15, -0.1) is 11.3 Å². The first kappa shape index (κ1) is 12.7. The van der Waals surface area contributed by atoms with Crippen LogP contribution >= 0.6 is 11.3 Å². The molecule has 0 aliphatic rings. The highest BCUT2D eigenvalue weighted by molar-refractivity contribution is 7.13. The zero-order valence-electron chi connectivity index (χ0n) is 10.8. The highest BCUT2D eigenvalue weighted by atomic mass is 32.1. The summed E-state index contributed by atoms with van der Waals surface area (Å²) in [7, 11) is 1.63. The number of aromatic nitrogens is 2. The van der Waals surface area contributed by atoms with E-state index in [1.165, 1.54) is 0 Å². The molecule has 0 amide bonds. The van der Waals surface area contributed by atoms with Crippen LogP contribution in [0.1, 0.15) is 5.89 Å². The molecule has 0 fully saturated rings. The minimum Gasteiger partial charge on any atom is -0.497 e. The quantitative estimate of drug-likeness (QED) is 0.720. The largest absolute Gasteiger partial charge is 0.497 e. The predicted octanol–water partition coefficient (Wildman–Crippen LogP) is 3.39. The first-order chi connectivity index (χ1) is 9.85. The Labute approximate surface area is 119 Å². The Morgan fingerprint density at radius 2 is 1.95 bits per heavy atom. The van der Waals surface area contributed by atoms with Crippen molar-refractivity contribution in [1.29, 1.82) is 0 Å². The fraction of sp³-hybridized carbons (Fsp3) is 0.143. The van der Waals surface area contributed by atoms with Crippen molar-refractivity contribution in [1.82, 2.24) is 10.1 Å². The molecule has 0 radical (unpaired) electrons. The molecule has 1 aromatic carbocycles. The third kappa shape index (κ3) is 2.80. The first-order valence-corrected chi connectivity index (χ1v) is 6.86. The van der Waals surface area contributed by atoms with Gasteiger partial charge in [0.15, 0.2) is 6.61 Å². The average molecular weight is 288 g/mol. The van der Waals surface area contributed by atoms with E-state index in [-0.39, 0.29) is 6.61 Å². The van der Waals surface area contributed by atoms with Gasteiger partial charge in [-0.05, 0) is 35.7 Å². The van der Waals surface area contributed by atoms with Gasteiger partial charge in [0.2, 0.25) is 5.82 Å². The number of methoxy groups -OCH3 is 1. The van der Waals surface area contributed by atoms with Crippen molar-refractivity contribution in [3.8, 4) is 22.2 Å². The van der Waals surface area contributed by atoms with Gasteiger partial charge in [-0.3, -0.25) is 0 Å². The molecular formula is C14H12N2O3S. The normalized spacial score (nSPS) is 10.4. The summed E-state index contributed by atoms with van der Waals surface area (Å²) in [4.78, 5) is 5.26. The lowest BCUT2D eigenvalue weighted by molar-refractivity contribution is 0.242. The molecule has 0 unspecified atom stereocenters. The van der Waals surface area contributed by atoms with E-state index in [9.17, 15) is 0 Å². The molecular weight excluding hydrogens is 276 g/mol. The van der Waals surface area contributed by atoms with Crippen molar-refractivity contribution in [2.75, 3.05) is 7.11 Å². The van der Waals surface area contributed by atoms with Crippen molar-refractivity contribution in [3.05, 3.63) is 47.7 Å². The van der Waals surface area contributed by atoms with Gasteiger partial charge in [-0.2, -0.15) is 4.98 Å². The molecule has 0 saturated heterocycles. The number of thiophene rings is 1. The van der Waals surface area contributed by atoms with E-state index in [1.54, 1.807) is 18.4 Å². The summed E-state index contributed by atoms with van der Waals surface area (Å²) < 4.78 is 15.8. The van der Waals surface area contributed by atoms with Crippen LogP contribution in [0.15, 0.2) is 46.3 Å². The zero-order valence-corrected chi connectivity index (χ0v) is 11.6. The first-order valence-electron chi connectivity index (χ1n) is 5.98. The van der Waals surface area contributed by atoms with Crippen molar-refractivity contribution >= 4 is 11.3 Å². The van der Waals surface area contributed by atoms with Crippen LogP contribution in [0, 0.1) is 0 Å². The van der Waals surface area contributed by atoms with Gasteiger partial charge in [0.25, 0.3) is 5.89 Å². The van der Waals surface area contributed by atoms with Crippen molar-refractivity contribution in [3.63, 3.8) is 0 Å². The molecule has 5 nitrogen and oxygen atoms in total. The summed E-state index contributed by atoms with van der Waals surface area (Å²) in [5.74, 6) is 2.55. The Morgan fingerprint density at radius 1 is 1.15 bits per heavy atom. The number of hydrogen-bond donors (Lipinski definition) is 0. The number of nitrogens with zero attached hydrogens (tertiary/aromatic N) is 2. The van der Waals surface area contributed by atoms with E-state index in [2.05, 4.69) is 10.1 Å². The van der Waals surface area contributed by atoms with E-state index >= 15 is 0 Å². The fourth-order valence-electron chi connectivity index (χ4n) is 1.64. The lowest BCUT2D eigenvalue weighted by atomic mass is 10.3. The van der Waals surface area contributed by atoms with Gasteiger partial charge in [0, 0.05) is 0 Å². The third-order valence-corrected chi connectivity index (χ3v) is 3.50. The van der Waals surface area contributed by atoms with E-state index in [0.29, 0.717) is 11.7 Å². The lowest BCUT2D eigenvalue weighted by Gasteiger charge is -2.04. The second-order valence-electron chi connectivity index (χ2n) is 3.95. The van der Waals surface area contributed by atoms with Crippen molar-refractivity contribution in [2.24, 2.45) is 0 Å². The van der Waals surface area contributed by atoms with Gasteiger partial charge in [-0.1, -0.05) is 11.2 Å². The van der Waals surface area contributed by atoms with Crippen LogP contribution in [0.3, 0.4) is 0 Å². The van der Waals surface area contributed by atoms with Crippen LogP contribution in [0.2, 0.25) is 0 Å². The zero-order chi connectivity index (χ0) is 13.8. The molecule has 2 heterocycles. The molecule has 102 valence electrons. The fourth-order valence-corrected chi connectivity index (χ4v) is 2.29. The molecule has 0 atom stereocenters. The monoisotopic (exact) mass is 288 g/mol. The summed E-state index contributed by atoms with van der Waals surface area (Å²) in [5.41, 5.74) is 0. The SMILES string of the molecule is COc1ccc(OCc2nc(-c3cccs3)no2)cc1. The van der Waals surface area contributed by atoms with E-state index in [0.717, 1.165) is 16.4 Å². The Hall–Kier alpha value is -2.34. The maximum atomic E-state index is 5.57. The van der Waals surface area contributed by atoms with Gasteiger partial charge in [0.1, 0.15) is 11.5 Å². The molecule has 6 heteroatoms. The summed E-state index contributed by atoms with van der Waals surface area (Å²) in [6, 6.07) is 11.2. The molecule has 3 rings (SSSR count). The second-order valence-corrected chi connectivity index (χ2v) is 4.90. The van der Waals surface area contributed by atoms with Crippen LogP contribution in [-0.4, -0.2) is 17.3 Å². The standard InChI is InChI=1S/C14H12N2O3S/c1-17-10-4-6-11(7-5-10)18-9-13-15-14(16-19-13)12-3-2-8-20-12/h2-8H,9H2,1H3. The Balaban J connectivity index is 1.63. The topological polar surface area (TPSA) is 57.4 Å². The molecule has 0 aliphatic heterocycles. The molecule has 0 bridgehead atoms. The number of ether oxygens (including phenoxy) is 2. The summed E-state index contributed by atoms with van der Waals surface area (Å²) in [5, 5.41) is 5.89. The molecule has 0 spiro atoms. The van der Waals surface area contributed by atoms with Crippen LogP contribution in [0.4, 0.5) is 0 Å². The predicted molar refractivity (Wildman–Crippen MR) is 74.9 cm³/mol. The molecule has 20 heavy (non-hydrogen) atoms. The Morgan fingerprint density at radius 3 is 2.65 bits per heavy atom.